The number of nitrogens with two attached hydrogens (primary N) is 1. The number of benzene rings is 1. The van der Waals surface area contributed by atoms with E-state index in [0.29, 0.717) is 11.4 Å². The molecule has 3 N–H and O–H groups in total. The highest BCUT2D eigenvalue weighted by Crippen LogP contribution is 2.34. The van der Waals surface area contributed by atoms with Gasteiger partial charge in [-0.05, 0) is 12.5 Å². The Labute approximate surface area is 122 Å². The summed E-state index contributed by atoms with van der Waals surface area (Å²) in [6, 6.07) is 2.44. The van der Waals surface area contributed by atoms with Crippen LogP contribution in [0.2, 0.25) is 0 Å². The molecule has 1 aliphatic heterocycles. The summed E-state index contributed by atoms with van der Waals surface area (Å²) in [7, 11) is 0. The van der Waals surface area contributed by atoms with E-state index in [1.807, 2.05) is 16.7 Å². The molecule has 0 saturated carbocycles. The van der Waals surface area contributed by atoms with Gasteiger partial charge in [0.05, 0.1) is 16.9 Å². The van der Waals surface area contributed by atoms with Crippen molar-refractivity contribution >= 4 is 29.1 Å². The quantitative estimate of drug-likeness (QED) is 0.822. The molecule has 0 unspecified atom stereocenters. The summed E-state index contributed by atoms with van der Waals surface area (Å²) >= 11 is 1.89. The van der Waals surface area contributed by atoms with Gasteiger partial charge in [-0.2, -0.15) is 11.8 Å². The highest BCUT2D eigenvalue weighted by atomic mass is 32.2. The second kappa shape index (κ2) is 5.52. The zero-order valence-electron chi connectivity index (χ0n) is 11.6. The van der Waals surface area contributed by atoms with E-state index in [1.165, 1.54) is 12.1 Å². The molecule has 1 fully saturated rings. The number of halogens is 1. The smallest absolute Gasteiger partial charge is 0.338 e. The summed E-state index contributed by atoms with van der Waals surface area (Å²) < 4.78 is 14.0. The predicted octanol–water partition coefficient (Wildman–Crippen LogP) is 2.83. The first-order chi connectivity index (χ1) is 9.30. The van der Waals surface area contributed by atoms with Crippen molar-refractivity contribution in [3.63, 3.8) is 0 Å². The van der Waals surface area contributed by atoms with E-state index in [-0.39, 0.29) is 10.3 Å². The van der Waals surface area contributed by atoms with E-state index in [0.717, 1.165) is 25.3 Å². The number of anilines is 2. The number of carbonyl (C=O) groups is 1. The van der Waals surface area contributed by atoms with Crippen LogP contribution >= 0.6 is 11.8 Å². The van der Waals surface area contributed by atoms with Crippen LogP contribution in [0, 0.1) is 5.82 Å². The fourth-order valence-corrected chi connectivity index (χ4v) is 3.38. The first kappa shape index (κ1) is 15.0. The minimum atomic E-state index is -1.30. The van der Waals surface area contributed by atoms with Gasteiger partial charge in [-0.1, -0.05) is 13.8 Å². The third-order valence-corrected chi connectivity index (χ3v) is 4.90. The summed E-state index contributed by atoms with van der Waals surface area (Å²) in [5, 5.41) is 8.89. The van der Waals surface area contributed by atoms with Crippen LogP contribution in [0.3, 0.4) is 0 Å². The predicted molar refractivity (Wildman–Crippen MR) is 81.1 cm³/mol. The van der Waals surface area contributed by atoms with E-state index in [2.05, 4.69) is 13.8 Å². The van der Waals surface area contributed by atoms with Crippen LogP contribution in [-0.4, -0.2) is 34.7 Å². The SMILES string of the molecule is CC1(C)CCN(c2cc(F)c(C(=O)O)cc2N)CCS1. The Balaban J connectivity index is 2.29. The van der Waals surface area contributed by atoms with Crippen molar-refractivity contribution in [3.8, 4) is 0 Å². The van der Waals surface area contributed by atoms with Gasteiger partial charge in [0, 0.05) is 29.7 Å². The molecule has 6 heteroatoms. The molecule has 1 aromatic carbocycles. The Morgan fingerprint density at radius 3 is 2.80 bits per heavy atom. The molecule has 1 aromatic rings. The number of aromatic carboxylic acids is 1. The summed E-state index contributed by atoms with van der Waals surface area (Å²) in [5.41, 5.74) is 6.42. The standard InChI is InChI=1S/C14H19FN2O2S/c1-14(2)3-4-17(5-6-20-14)12-8-10(15)9(13(18)19)7-11(12)16/h7-8H,3-6,16H2,1-2H3,(H,18,19). The lowest BCUT2D eigenvalue weighted by molar-refractivity contribution is 0.0692. The molecule has 0 radical (unpaired) electrons. The lowest BCUT2D eigenvalue weighted by atomic mass is 10.1. The van der Waals surface area contributed by atoms with Gasteiger partial charge < -0.3 is 15.7 Å². The molecule has 0 amide bonds. The maximum Gasteiger partial charge on any atom is 0.338 e. The van der Waals surface area contributed by atoms with Crippen molar-refractivity contribution in [2.24, 2.45) is 0 Å². The summed E-state index contributed by atoms with van der Waals surface area (Å²) in [6.07, 6.45) is 0.972. The Hall–Kier alpha value is -1.43. The number of hydrogen-bond acceptors (Lipinski definition) is 4. The zero-order chi connectivity index (χ0) is 14.9. The largest absolute Gasteiger partial charge is 0.478 e. The molecule has 0 atom stereocenters. The molecule has 1 aliphatic rings. The van der Waals surface area contributed by atoms with Crippen molar-refractivity contribution in [1.82, 2.24) is 0 Å². The molecule has 1 saturated heterocycles. The molecule has 20 heavy (non-hydrogen) atoms. The van der Waals surface area contributed by atoms with Gasteiger partial charge in [0.15, 0.2) is 0 Å². The van der Waals surface area contributed by atoms with Gasteiger partial charge in [-0.15, -0.1) is 0 Å². The third-order valence-electron chi connectivity index (χ3n) is 3.53. The van der Waals surface area contributed by atoms with E-state index in [4.69, 9.17) is 10.8 Å². The van der Waals surface area contributed by atoms with Crippen molar-refractivity contribution < 1.29 is 14.3 Å². The maximum absolute atomic E-state index is 13.8. The number of carboxylic acid groups (broad SMARTS) is 1. The Morgan fingerprint density at radius 2 is 2.15 bits per heavy atom. The second-order valence-corrected chi connectivity index (χ2v) is 7.34. The number of nitrogens with zero attached hydrogens (tertiary/aromatic N) is 1. The van der Waals surface area contributed by atoms with Gasteiger partial charge in [-0.3, -0.25) is 0 Å². The maximum atomic E-state index is 13.8. The Bertz CT molecular complexity index is 534. The monoisotopic (exact) mass is 298 g/mol. The molecule has 0 bridgehead atoms. The van der Waals surface area contributed by atoms with Crippen LogP contribution < -0.4 is 10.6 Å². The first-order valence-corrected chi connectivity index (χ1v) is 7.50. The van der Waals surface area contributed by atoms with E-state index < -0.39 is 11.8 Å². The lowest BCUT2D eigenvalue weighted by Crippen LogP contribution is -2.28. The van der Waals surface area contributed by atoms with Crippen LogP contribution in [-0.2, 0) is 0 Å². The molecule has 1 heterocycles. The molecule has 0 aliphatic carbocycles. The minimum Gasteiger partial charge on any atom is -0.478 e. The first-order valence-electron chi connectivity index (χ1n) is 6.51. The molecule has 4 nitrogen and oxygen atoms in total. The van der Waals surface area contributed by atoms with Gasteiger partial charge in [0.25, 0.3) is 0 Å². The second-order valence-electron chi connectivity index (χ2n) is 5.54. The van der Waals surface area contributed by atoms with Crippen LogP contribution in [0.5, 0.6) is 0 Å². The molecule has 0 aromatic heterocycles. The fraction of sp³-hybridized carbons (Fsp3) is 0.500. The van der Waals surface area contributed by atoms with Crippen molar-refractivity contribution in [1.29, 1.82) is 0 Å². The van der Waals surface area contributed by atoms with E-state index in [9.17, 15) is 9.18 Å². The van der Waals surface area contributed by atoms with Crippen molar-refractivity contribution in [3.05, 3.63) is 23.5 Å². The van der Waals surface area contributed by atoms with E-state index in [1.54, 1.807) is 0 Å². The Kier molecular flexibility index (Phi) is 4.13. The highest BCUT2D eigenvalue weighted by molar-refractivity contribution is 8.00. The average Bonchev–Trinajstić information content (AvgIpc) is 2.52. The fourth-order valence-electron chi connectivity index (χ4n) is 2.28. The van der Waals surface area contributed by atoms with Crippen LogP contribution in [0.1, 0.15) is 30.6 Å². The number of thioether (sulfide) groups is 1. The molecule has 0 spiro atoms. The average molecular weight is 298 g/mol. The van der Waals surface area contributed by atoms with Gasteiger partial charge in [-0.25, -0.2) is 9.18 Å². The zero-order valence-corrected chi connectivity index (χ0v) is 12.5. The van der Waals surface area contributed by atoms with Gasteiger partial charge in [0.1, 0.15) is 5.82 Å². The normalized spacial score (nSPS) is 18.6. The Morgan fingerprint density at radius 1 is 1.45 bits per heavy atom. The molecular weight excluding hydrogens is 279 g/mol. The van der Waals surface area contributed by atoms with Crippen molar-refractivity contribution in [2.75, 3.05) is 29.5 Å². The van der Waals surface area contributed by atoms with Crippen molar-refractivity contribution in [2.45, 2.75) is 25.0 Å². The van der Waals surface area contributed by atoms with E-state index >= 15 is 0 Å². The summed E-state index contributed by atoms with van der Waals surface area (Å²) in [4.78, 5) is 12.9. The third kappa shape index (κ3) is 3.17. The summed E-state index contributed by atoms with van der Waals surface area (Å²) in [6.45, 7) is 5.96. The van der Waals surface area contributed by atoms with Gasteiger partial charge >= 0.3 is 5.97 Å². The molecule has 2 rings (SSSR count). The topological polar surface area (TPSA) is 66.6 Å². The molecule has 110 valence electrons. The number of rotatable bonds is 2. The van der Waals surface area contributed by atoms with Crippen LogP contribution in [0.15, 0.2) is 12.1 Å². The highest BCUT2D eigenvalue weighted by Gasteiger charge is 2.25. The molecular formula is C14H19FN2O2S. The van der Waals surface area contributed by atoms with Gasteiger partial charge in [0.2, 0.25) is 0 Å². The number of hydrogen-bond donors (Lipinski definition) is 2. The van der Waals surface area contributed by atoms with Crippen LogP contribution in [0.25, 0.3) is 0 Å². The minimum absolute atomic E-state index is 0.197. The van der Waals surface area contributed by atoms with Crippen LogP contribution in [0.4, 0.5) is 15.8 Å². The number of nitrogen functional groups attached to an aromatic ring is 1. The number of carboxylic acids is 1. The lowest BCUT2D eigenvalue weighted by Gasteiger charge is -2.25. The summed E-state index contributed by atoms with van der Waals surface area (Å²) in [5.74, 6) is -1.10.